The SMILES string of the molecule is NCc1nn(-c2cccc(F)c2)cc1Cl. The molecule has 0 aliphatic heterocycles. The third kappa shape index (κ3) is 2.00. The quantitative estimate of drug-likeness (QED) is 0.851. The van der Waals surface area contributed by atoms with Crippen LogP contribution in [0.5, 0.6) is 0 Å². The van der Waals surface area contributed by atoms with E-state index in [0.29, 0.717) is 16.4 Å². The molecular formula is C10H9ClFN3. The van der Waals surface area contributed by atoms with Crippen LogP contribution in [0.2, 0.25) is 5.02 Å². The van der Waals surface area contributed by atoms with Gasteiger partial charge in [0.1, 0.15) is 5.82 Å². The minimum atomic E-state index is -0.312. The summed E-state index contributed by atoms with van der Waals surface area (Å²) in [6.45, 7) is 0.265. The minimum Gasteiger partial charge on any atom is -0.325 e. The molecule has 1 aromatic carbocycles. The first-order valence-electron chi connectivity index (χ1n) is 4.41. The Labute approximate surface area is 91.3 Å². The molecule has 0 fully saturated rings. The fourth-order valence-corrected chi connectivity index (χ4v) is 1.49. The van der Waals surface area contributed by atoms with Gasteiger partial charge in [0, 0.05) is 12.7 Å². The smallest absolute Gasteiger partial charge is 0.125 e. The predicted octanol–water partition coefficient (Wildman–Crippen LogP) is 2.12. The Morgan fingerprint density at radius 2 is 2.27 bits per heavy atom. The Morgan fingerprint density at radius 1 is 1.47 bits per heavy atom. The zero-order valence-electron chi connectivity index (χ0n) is 7.82. The zero-order valence-corrected chi connectivity index (χ0v) is 8.58. The molecule has 1 heterocycles. The molecule has 2 aromatic rings. The van der Waals surface area contributed by atoms with Crippen LogP contribution in [-0.2, 0) is 6.54 Å². The normalized spacial score (nSPS) is 10.6. The van der Waals surface area contributed by atoms with Crippen LogP contribution >= 0.6 is 11.6 Å². The lowest BCUT2D eigenvalue weighted by molar-refractivity contribution is 0.625. The zero-order chi connectivity index (χ0) is 10.8. The fourth-order valence-electron chi connectivity index (χ4n) is 1.28. The van der Waals surface area contributed by atoms with Crippen molar-refractivity contribution in [3.63, 3.8) is 0 Å². The highest BCUT2D eigenvalue weighted by Gasteiger charge is 2.06. The molecule has 0 aliphatic rings. The maximum atomic E-state index is 12.9. The number of halogens is 2. The highest BCUT2D eigenvalue weighted by atomic mass is 35.5. The van der Waals surface area contributed by atoms with E-state index in [9.17, 15) is 4.39 Å². The van der Waals surface area contributed by atoms with E-state index >= 15 is 0 Å². The van der Waals surface area contributed by atoms with E-state index in [1.54, 1.807) is 18.3 Å². The summed E-state index contributed by atoms with van der Waals surface area (Å²) in [6.07, 6.45) is 1.61. The molecule has 0 amide bonds. The van der Waals surface area contributed by atoms with Gasteiger partial charge in [-0.1, -0.05) is 17.7 Å². The van der Waals surface area contributed by atoms with Gasteiger partial charge in [-0.05, 0) is 18.2 Å². The van der Waals surface area contributed by atoms with Gasteiger partial charge in [0.25, 0.3) is 0 Å². The third-order valence-corrected chi connectivity index (χ3v) is 2.32. The van der Waals surface area contributed by atoms with Crippen LogP contribution < -0.4 is 5.73 Å². The van der Waals surface area contributed by atoms with Crippen molar-refractivity contribution in [2.24, 2.45) is 5.73 Å². The molecule has 3 nitrogen and oxygen atoms in total. The van der Waals surface area contributed by atoms with Crippen LogP contribution in [0.15, 0.2) is 30.5 Å². The summed E-state index contributed by atoms with van der Waals surface area (Å²) < 4.78 is 14.5. The molecule has 0 saturated heterocycles. The minimum absolute atomic E-state index is 0.265. The lowest BCUT2D eigenvalue weighted by Gasteiger charge is -1.99. The molecule has 0 bridgehead atoms. The Balaban J connectivity index is 2.45. The van der Waals surface area contributed by atoms with Crippen molar-refractivity contribution >= 4 is 11.6 Å². The molecule has 1 aromatic heterocycles. The molecule has 0 saturated carbocycles. The van der Waals surface area contributed by atoms with E-state index in [-0.39, 0.29) is 12.4 Å². The van der Waals surface area contributed by atoms with Crippen molar-refractivity contribution in [1.29, 1.82) is 0 Å². The Bertz CT molecular complexity index is 481. The first kappa shape index (κ1) is 10.1. The van der Waals surface area contributed by atoms with Gasteiger partial charge in [0.15, 0.2) is 0 Å². The van der Waals surface area contributed by atoms with E-state index in [4.69, 9.17) is 17.3 Å². The molecule has 0 unspecified atom stereocenters. The average molecular weight is 226 g/mol. The molecule has 0 spiro atoms. The number of benzene rings is 1. The number of hydrogen-bond acceptors (Lipinski definition) is 2. The first-order chi connectivity index (χ1) is 7.20. The summed E-state index contributed by atoms with van der Waals surface area (Å²) in [4.78, 5) is 0. The largest absolute Gasteiger partial charge is 0.325 e. The number of hydrogen-bond donors (Lipinski definition) is 1. The molecule has 0 aliphatic carbocycles. The number of aromatic nitrogens is 2. The summed E-state index contributed by atoms with van der Waals surface area (Å²) >= 11 is 5.88. The molecular weight excluding hydrogens is 217 g/mol. The molecule has 78 valence electrons. The number of nitrogens with two attached hydrogens (primary N) is 1. The molecule has 5 heteroatoms. The van der Waals surface area contributed by atoms with Gasteiger partial charge in [-0.3, -0.25) is 0 Å². The summed E-state index contributed by atoms with van der Waals surface area (Å²) in [6, 6.07) is 6.11. The number of nitrogens with zero attached hydrogens (tertiary/aromatic N) is 2. The van der Waals surface area contributed by atoms with E-state index < -0.39 is 0 Å². The van der Waals surface area contributed by atoms with Crippen molar-refractivity contribution < 1.29 is 4.39 Å². The van der Waals surface area contributed by atoms with Gasteiger partial charge in [-0.15, -0.1) is 0 Å². The van der Waals surface area contributed by atoms with Crippen LogP contribution in [0.3, 0.4) is 0 Å². The van der Waals surface area contributed by atoms with E-state index in [2.05, 4.69) is 5.10 Å². The number of rotatable bonds is 2. The van der Waals surface area contributed by atoms with Crippen LogP contribution in [0.25, 0.3) is 5.69 Å². The molecule has 2 rings (SSSR count). The average Bonchev–Trinajstić information content (AvgIpc) is 2.60. The van der Waals surface area contributed by atoms with Gasteiger partial charge < -0.3 is 5.73 Å². The standard InChI is InChI=1S/C10H9ClFN3/c11-9-6-15(14-10(9)5-13)8-3-1-2-7(12)4-8/h1-4,6H,5,13H2. The Morgan fingerprint density at radius 3 is 2.87 bits per heavy atom. The monoisotopic (exact) mass is 225 g/mol. The Hall–Kier alpha value is -1.39. The van der Waals surface area contributed by atoms with Gasteiger partial charge in [0.05, 0.1) is 16.4 Å². The van der Waals surface area contributed by atoms with Crippen LogP contribution in [-0.4, -0.2) is 9.78 Å². The Kier molecular flexibility index (Phi) is 2.70. The topological polar surface area (TPSA) is 43.8 Å². The summed E-state index contributed by atoms with van der Waals surface area (Å²) in [5.41, 5.74) is 6.66. The summed E-state index contributed by atoms with van der Waals surface area (Å²) in [5, 5.41) is 4.62. The van der Waals surface area contributed by atoms with Crippen LogP contribution in [0.4, 0.5) is 4.39 Å². The second kappa shape index (κ2) is 4.00. The van der Waals surface area contributed by atoms with Crippen LogP contribution in [0, 0.1) is 5.82 Å². The molecule has 0 radical (unpaired) electrons. The molecule has 0 atom stereocenters. The third-order valence-electron chi connectivity index (χ3n) is 2.01. The van der Waals surface area contributed by atoms with Crippen LogP contribution in [0.1, 0.15) is 5.69 Å². The van der Waals surface area contributed by atoms with Crippen molar-refractivity contribution in [3.8, 4) is 5.69 Å². The van der Waals surface area contributed by atoms with Gasteiger partial charge in [-0.25, -0.2) is 9.07 Å². The van der Waals surface area contributed by atoms with Crippen molar-refractivity contribution in [3.05, 3.63) is 47.0 Å². The fraction of sp³-hybridized carbons (Fsp3) is 0.100. The van der Waals surface area contributed by atoms with Crippen molar-refractivity contribution in [2.75, 3.05) is 0 Å². The summed E-state index contributed by atoms with van der Waals surface area (Å²) in [5.74, 6) is -0.312. The second-order valence-electron chi connectivity index (χ2n) is 3.05. The van der Waals surface area contributed by atoms with Gasteiger partial charge in [0.2, 0.25) is 0 Å². The predicted molar refractivity (Wildman–Crippen MR) is 56.4 cm³/mol. The maximum Gasteiger partial charge on any atom is 0.125 e. The van der Waals surface area contributed by atoms with Crippen molar-refractivity contribution in [1.82, 2.24) is 9.78 Å². The molecule has 15 heavy (non-hydrogen) atoms. The lowest BCUT2D eigenvalue weighted by Crippen LogP contribution is -2.00. The maximum absolute atomic E-state index is 12.9. The van der Waals surface area contributed by atoms with E-state index in [1.807, 2.05) is 0 Å². The summed E-state index contributed by atoms with van der Waals surface area (Å²) in [7, 11) is 0. The second-order valence-corrected chi connectivity index (χ2v) is 3.46. The molecule has 2 N–H and O–H groups in total. The highest BCUT2D eigenvalue weighted by molar-refractivity contribution is 6.31. The van der Waals surface area contributed by atoms with Gasteiger partial charge >= 0.3 is 0 Å². The van der Waals surface area contributed by atoms with E-state index in [1.165, 1.54) is 16.8 Å². The van der Waals surface area contributed by atoms with Crippen molar-refractivity contribution in [2.45, 2.75) is 6.54 Å². The van der Waals surface area contributed by atoms with Gasteiger partial charge in [-0.2, -0.15) is 5.10 Å². The highest BCUT2D eigenvalue weighted by Crippen LogP contribution is 2.17. The van der Waals surface area contributed by atoms with E-state index in [0.717, 1.165) is 0 Å². The lowest BCUT2D eigenvalue weighted by atomic mass is 10.3. The first-order valence-corrected chi connectivity index (χ1v) is 4.78.